The summed E-state index contributed by atoms with van der Waals surface area (Å²) in [6, 6.07) is 6.53. The van der Waals surface area contributed by atoms with E-state index in [-0.39, 0.29) is 48.2 Å². The maximum absolute atomic E-state index is 14.0. The number of hydrogen-bond acceptors (Lipinski definition) is 4. The number of benzene rings is 1. The third-order valence-electron chi connectivity index (χ3n) is 6.13. The molecule has 0 unspecified atom stereocenters. The molecule has 4 atom stereocenters. The Morgan fingerprint density at radius 3 is 2.37 bits per heavy atom. The number of hydrogen-bond donors (Lipinski definition) is 0. The highest BCUT2D eigenvalue weighted by Gasteiger charge is 2.63. The first-order valence-electron chi connectivity index (χ1n) is 9.28. The molecule has 5 rings (SSSR count). The SMILES string of the molecule is Cc1nn(Cc2ccccc2F)c(C)c1N1C(=O)[C@@H]2[C@@H](C1=O)[C@H]1CC[C@H]2O1. The molecule has 3 aliphatic heterocycles. The summed E-state index contributed by atoms with van der Waals surface area (Å²) in [5, 5.41) is 4.48. The molecule has 27 heavy (non-hydrogen) atoms. The van der Waals surface area contributed by atoms with E-state index in [2.05, 4.69) is 5.10 Å². The van der Waals surface area contributed by atoms with Crippen LogP contribution in [-0.4, -0.2) is 33.8 Å². The lowest BCUT2D eigenvalue weighted by atomic mass is 9.81. The van der Waals surface area contributed by atoms with Crippen LogP contribution in [0.25, 0.3) is 0 Å². The minimum atomic E-state index is -0.370. The second-order valence-electron chi connectivity index (χ2n) is 7.62. The van der Waals surface area contributed by atoms with Crippen LogP contribution < -0.4 is 4.90 Å². The molecule has 3 fully saturated rings. The fourth-order valence-electron chi connectivity index (χ4n) is 4.89. The molecule has 0 N–H and O–H groups in total. The molecular formula is C20H20FN3O3. The van der Waals surface area contributed by atoms with Crippen molar-refractivity contribution in [2.75, 3.05) is 4.90 Å². The second-order valence-corrected chi connectivity index (χ2v) is 7.62. The molecule has 0 saturated carbocycles. The van der Waals surface area contributed by atoms with E-state index in [0.29, 0.717) is 22.6 Å². The average Bonchev–Trinajstić information content (AvgIpc) is 3.37. The van der Waals surface area contributed by atoms with Gasteiger partial charge in [-0.05, 0) is 32.8 Å². The summed E-state index contributed by atoms with van der Waals surface area (Å²) < 4.78 is 21.5. The van der Waals surface area contributed by atoms with Crippen molar-refractivity contribution >= 4 is 17.5 Å². The van der Waals surface area contributed by atoms with Gasteiger partial charge in [0, 0.05) is 5.56 Å². The normalized spacial score (nSPS) is 29.1. The molecule has 3 aliphatic rings. The van der Waals surface area contributed by atoms with Crippen LogP contribution in [0.2, 0.25) is 0 Å². The van der Waals surface area contributed by atoms with E-state index in [1.165, 1.54) is 11.0 Å². The molecule has 1 aromatic heterocycles. The van der Waals surface area contributed by atoms with Crippen LogP contribution >= 0.6 is 0 Å². The highest BCUT2D eigenvalue weighted by atomic mass is 19.1. The van der Waals surface area contributed by atoms with Gasteiger partial charge >= 0.3 is 0 Å². The molecule has 7 heteroatoms. The summed E-state index contributed by atoms with van der Waals surface area (Å²) in [4.78, 5) is 27.4. The quantitative estimate of drug-likeness (QED) is 0.779. The third kappa shape index (κ3) is 2.24. The monoisotopic (exact) mass is 369 g/mol. The number of halogens is 1. The largest absolute Gasteiger partial charge is 0.373 e. The maximum Gasteiger partial charge on any atom is 0.240 e. The summed E-state index contributed by atoms with van der Waals surface area (Å²) in [7, 11) is 0. The van der Waals surface area contributed by atoms with Crippen LogP contribution in [0.1, 0.15) is 29.8 Å². The first kappa shape index (κ1) is 16.6. The fourth-order valence-corrected chi connectivity index (χ4v) is 4.89. The van der Waals surface area contributed by atoms with Gasteiger partial charge in [-0.2, -0.15) is 5.10 Å². The topological polar surface area (TPSA) is 64.4 Å². The Hall–Kier alpha value is -2.54. The fraction of sp³-hybridized carbons (Fsp3) is 0.450. The lowest BCUT2D eigenvalue weighted by Gasteiger charge is -2.18. The zero-order valence-electron chi connectivity index (χ0n) is 15.2. The second kappa shape index (κ2) is 5.73. The molecule has 3 saturated heterocycles. The van der Waals surface area contributed by atoms with Crippen molar-refractivity contribution in [3.63, 3.8) is 0 Å². The molecule has 0 spiro atoms. The van der Waals surface area contributed by atoms with Gasteiger partial charge in [0.2, 0.25) is 11.8 Å². The van der Waals surface area contributed by atoms with Crippen LogP contribution in [0, 0.1) is 31.5 Å². The molecule has 2 amide bonds. The number of carbonyl (C=O) groups is 2. The number of aryl methyl sites for hydroxylation is 1. The smallest absolute Gasteiger partial charge is 0.240 e. The van der Waals surface area contributed by atoms with Crippen molar-refractivity contribution in [3.8, 4) is 0 Å². The van der Waals surface area contributed by atoms with Crippen LogP contribution in [0.15, 0.2) is 24.3 Å². The number of imide groups is 1. The zero-order chi connectivity index (χ0) is 18.9. The van der Waals surface area contributed by atoms with Gasteiger partial charge in [-0.25, -0.2) is 9.29 Å². The number of amides is 2. The Labute approximate surface area is 155 Å². The van der Waals surface area contributed by atoms with Gasteiger partial charge in [0.05, 0.1) is 47.7 Å². The first-order chi connectivity index (χ1) is 13.0. The van der Waals surface area contributed by atoms with E-state index in [1.807, 2.05) is 6.92 Å². The molecule has 2 aromatic rings. The lowest BCUT2D eigenvalue weighted by molar-refractivity contribution is -0.124. The Morgan fingerprint density at radius 2 is 1.74 bits per heavy atom. The van der Waals surface area contributed by atoms with Crippen LogP contribution in [-0.2, 0) is 20.9 Å². The summed E-state index contributed by atoms with van der Waals surface area (Å²) in [5.74, 6) is -1.42. The molecule has 0 radical (unpaired) electrons. The summed E-state index contributed by atoms with van der Waals surface area (Å²) in [6.07, 6.45) is 1.39. The van der Waals surface area contributed by atoms with E-state index < -0.39 is 0 Å². The lowest BCUT2D eigenvalue weighted by Crippen LogP contribution is -2.35. The van der Waals surface area contributed by atoms with Crippen molar-refractivity contribution in [2.24, 2.45) is 11.8 Å². The predicted molar refractivity (Wildman–Crippen MR) is 94.6 cm³/mol. The van der Waals surface area contributed by atoms with Crippen molar-refractivity contribution < 1.29 is 18.7 Å². The number of rotatable bonds is 3. The van der Waals surface area contributed by atoms with Crippen molar-refractivity contribution in [1.82, 2.24) is 9.78 Å². The van der Waals surface area contributed by atoms with Gasteiger partial charge in [-0.1, -0.05) is 18.2 Å². The van der Waals surface area contributed by atoms with Gasteiger partial charge in [0.1, 0.15) is 5.82 Å². The highest BCUT2D eigenvalue weighted by molar-refractivity contribution is 6.23. The number of anilines is 1. The molecule has 140 valence electrons. The van der Waals surface area contributed by atoms with E-state index in [4.69, 9.17) is 4.74 Å². The summed E-state index contributed by atoms with van der Waals surface area (Å²) >= 11 is 0. The van der Waals surface area contributed by atoms with Crippen LogP contribution in [0.3, 0.4) is 0 Å². The molecule has 1 aromatic carbocycles. The van der Waals surface area contributed by atoms with E-state index in [9.17, 15) is 14.0 Å². The molecule has 6 nitrogen and oxygen atoms in total. The Balaban J connectivity index is 1.51. The van der Waals surface area contributed by atoms with Crippen molar-refractivity contribution in [3.05, 3.63) is 47.0 Å². The van der Waals surface area contributed by atoms with E-state index >= 15 is 0 Å². The number of ether oxygens (including phenoxy) is 1. The van der Waals surface area contributed by atoms with Crippen molar-refractivity contribution in [2.45, 2.75) is 45.4 Å². The maximum atomic E-state index is 14.0. The summed E-state index contributed by atoms with van der Waals surface area (Å²) in [6.45, 7) is 3.84. The standard InChI is InChI=1S/C20H20FN3O3/c1-10-18(11(2)23(22-10)9-12-5-3-4-6-13(12)21)24-19(25)16-14-7-8-15(27-14)17(16)20(24)26/h3-6,14-17H,7-9H2,1-2H3/t14-,15-,16+,17+/m1/s1. The van der Waals surface area contributed by atoms with Gasteiger partial charge in [0.25, 0.3) is 0 Å². The van der Waals surface area contributed by atoms with Crippen molar-refractivity contribution in [1.29, 1.82) is 0 Å². The van der Waals surface area contributed by atoms with Gasteiger partial charge in [-0.3, -0.25) is 14.3 Å². The van der Waals surface area contributed by atoms with Crippen LogP contribution in [0.5, 0.6) is 0 Å². The predicted octanol–water partition coefficient (Wildman–Crippen LogP) is 2.35. The van der Waals surface area contributed by atoms with E-state index in [1.54, 1.807) is 29.8 Å². The van der Waals surface area contributed by atoms with Gasteiger partial charge in [0.15, 0.2) is 0 Å². The Bertz CT molecular complexity index is 941. The summed E-state index contributed by atoms with van der Waals surface area (Å²) in [5.41, 5.74) is 2.33. The highest BCUT2D eigenvalue weighted by Crippen LogP contribution is 2.50. The molecule has 4 heterocycles. The van der Waals surface area contributed by atoms with Gasteiger partial charge in [-0.15, -0.1) is 0 Å². The Kier molecular flexibility index (Phi) is 3.53. The van der Waals surface area contributed by atoms with E-state index in [0.717, 1.165) is 12.8 Å². The number of nitrogens with zero attached hydrogens (tertiary/aromatic N) is 3. The van der Waals surface area contributed by atoms with Crippen LogP contribution in [0.4, 0.5) is 10.1 Å². The minimum absolute atomic E-state index is 0.143. The van der Waals surface area contributed by atoms with Gasteiger partial charge < -0.3 is 4.74 Å². The molecule has 0 aliphatic carbocycles. The first-order valence-corrected chi connectivity index (χ1v) is 9.28. The Morgan fingerprint density at radius 1 is 1.11 bits per heavy atom. The molecular weight excluding hydrogens is 349 g/mol. The average molecular weight is 369 g/mol. The number of carbonyl (C=O) groups excluding carboxylic acids is 2. The zero-order valence-corrected chi connectivity index (χ0v) is 15.2. The number of aromatic nitrogens is 2. The number of fused-ring (bicyclic) bond motifs is 5. The molecule has 2 bridgehead atoms. The third-order valence-corrected chi connectivity index (χ3v) is 6.13. The minimum Gasteiger partial charge on any atom is -0.373 e.